The summed E-state index contributed by atoms with van der Waals surface area (Å²) in [5.74, 6) is 1.11. The van der Waals surface area contributed by atoms with Gasteiger partial charge in [-0.25, -0.2) is 4.98 Å². The van der Waals surface area contributed by atoms with Crippen LogP contribution < -0.4 is 10.6 Å². The second kappa shape index (κ2) is 6.50. The molecule has 1 aliphatic rings. The van der Waals surface area contributed by atoms with Gasteiger partial charge in [0.15, 0.2) is 0 Å². The number of rotatable bonds is 5. The molecule has 1 atom stereocenters. The molecule has 1 fully saturated rings. The average Bonchev–Trinajstić information content (AvgIpc) is 2.93. The van der Waals surface area contributed by atoms with E-state index in [1.807, 2.05) is 6.92 Å². The van der Waals surface area contributed by atoms with Crippen LogP contribution in [-0.2, 0) is 0 Å². The summed E-state index contributed by atoms with van der Waals surface area (Å²) in [6, 6.07) is 0.208. The molecule has 2 N–H and O–H groups in total. The molecule has 19 heavy (non-hydrogen) atoms. The van der Waals surface area contributed by atoms with Gasteiger partial charge >= 0.3 is 0 Å². The van der Waals surface area contributed by atoms with Crippen LogP contribution in [-0.4, -0.2) is 28.5 Å². The molecule has 1 aromatic rings. The maximum absolute atomic E-state index is 12.1. The van der Waals surface area contributed by atoms with Crippen molar-refractivity contribution >= 4 is 11.7 Å². The van der Waals surface area contributed by atoms with Crippen molar-refractivity contribution in [1.29, 1.82) is 0 Å². The summed E-state index contributed by atoms with van der Waals surface area (Å²) in [4.78, 5) is 20.4. The molecule has 104 valence electrons. The first-order chi connectivity index (χ1) is 9.20. The molecule has 0 spiro atoms. The van der Waals surface area contributed by atoms with E-state index in [2.05, 4.69) is 27.5 Å². The van der Waals surface area contributed by atoms with Crippen LogP contribution in [0.3, 0.4) is 0 Å². The first-order valence-electron chi connectivity index (χ1n) is 7.07. The fourth-order valence-corrected chi connectivity index (χ4v) is 2.60. The van der Waals surface area contributed by atoms with Crippen LogP contribution in [0.4, 0.5) is 5.82 Å². The summed E-state index contributed by atoms with van der Waals surface area (Å²) in [5, 5.41) is 6.10. The van der Waals surface area contributed by atoms with Gasteiger partial charge in [0.05, 0.1) is 12.4 Å². The lowest BCUT2D eigenvalue weighted by Crippen LogP contribution is -2.37. The minimum atomic E-state index is -0.133. The molecule has 5 heteroatoms. The second-order valence-corrected chi connectivity index (χ2v) is 5.13. The zero-order chi connectivity index (χ0) is 13.7. The molecule has 2 rings (SSSR count). The summed E-state index contributed by atoms with van der Waals surface area (Å²) in [7, 11) is 0. The second-order valence-electron chi connectivity index (χ2n) is 5.13. The van der Waals surface area contributed by atoms with E-state index in [0.29, 0.717) is 17.4 Å². The Morgan fingerprint density at radius 1 is 1.42 bits per heavy atom. The highest BCUT2D eigenvalue weighted by Crippen LogP contribution is 2.27. The smallest absolute Gasteiger partial charge is 0.271 e. The topological polar surface area (TPSA) is 66.9 Å². The van der Waals surface area contributed by atoms with Crippen molar-refractivity contribution in [3.8, 4) is 0 Å². The van der Waals surface area contributed by atoms with Crippen molar-refractivity contribution in [3.63, 3.8) is 0 Å². The lowest BCUT2D eigenvalue weighted by Gasteiger charge is -2.20. The number of amides is 1. The lowest BCUT2D eigenvalue weighted by molar-refractivity contribution is 0.0922. The van der Waals surface area contributed by atoms with Gasteiger partial charge in [-0.15, -0.1) is 0 Å². The third-order valence-electron chi connectivity index (χ3n) is 3.69. The Bertz CT molecular complexity index is 429. The molecule has 1 aliphatic carbocycles. The number of aromatic nitrogens is 2. The Balaban J connectivity index is 1.96. The van der Waals surface area contributed by atoms with Gasteiger partial charge in [-0.05, 0) is 32.6 Å². The fourth-order valence-electron chi connectivity index (χ4n) is 2.60. The Morgan fingerprint density at radius 3 is 2.84 bits per heavy atom. The first kappa shape index (κ1) is 13.8. The molecule has 5 nitrogen and oxygen atoms in total. The molecule has 1 heterocycles. The van der Waals surface area contributed by atoms with E-state index >= 15 is 0 Å². The Kier molecular flexibility index (Phi) is 4.71. The number of hydrogen-bond acceptors (Lipinski definition) is 4. The number of nitrogens with zero attached hydrogens (tertiary/aromatic N) is 2. The van der Waals surface area contributed by atoms with Gasteiger partial charge in [0, 0.05) is 12.6 Å². The van der Waals surface area contributed by atoms with Crippen molar-refractivity contribution in [2.24, 2.45) is 5.92 Å². The lowest BCUT2D eigenvalue weighted by atomic mass is 10.00. The van der Waals surface area contributed by atoms with Crippen LogP contribution in [0.5, 0.6) is 0 Å². The molecule has 0 radical (unpaired) electrons. The van der Waals surface area contributed by atoms with Crippen molar-refractivity contribution in [2.45, 2.75) is 45.6 Å². The van der Waals surface area contributed by atoms with Crippen molar-refractivity contribution in [1.82, 2.24) is 15.3 Å². The molecular formula is C14H22N4O. The summed E-state index contributed by atoms with van der Waals surface area (Å²) in [6.45, 7) is 4.82. The monoisotopic (exact) mass is 262 g/mol. The van der Waals surface area contributed by atoms with Gasteiger partial charge in [0.1, 0.15) is 11.5 Å². The summed E-state index contributed by atoms with van der Waals surface area (Å²) in [5.41, 5.74) is 0.378. The maximum Gasteiger partial charge on any atom is 0.271 e. The van der Waals surface area contributed by atoms with E-state index in [1.54, 1.807) is 6.20 Å². The van der Waals surface area contributed by atoms with Crippen LogP contribution in [0.25, 0.3) is 0 Å². The van der Waals surface area contributed by atoms with E-state index in [4.69, 9.17) is 0 Å². The molecule has 1 saturated carbocycles. The van der Waals surface area contributed by atoms with Gasteiger partial charge in [0.25, 0.3) is 5.91 Å². The number of anilines is 1. The van der Waals surface area contributed by atoms with E-state index in [9.17, 15) is 4.79 Å². The zero-order valence-corrected chi connectivity index (χ0v) is 11.6. The van der Waals surface area contributed by atoms with Gasteiger partial charge in [0.2, 0.25) is 0 Å². The first-order valence-corrected chi connectivity index (χ1v) is 7.07. The highest BCUT2D eigenvalue weighted by molar-refractivity contribution is 5.92. The van der Waals surface area contributed by atoms with E-state index in [0.717, 1.165) is 6.54 Å². The molecular weight excluding hydrogens is 240 g/mol. The maximum atomic E-state index is 12.1. The van der Waals surface area contributed by atoms with E-state index in [1.165, 1.54) is 31.9 Å². The molecule has 0 aromatic carbocycles. The highest BCUT2D eigenvalue weighted by Gasteiger charge is 2.23. The Morgan fingerprint density at radius 2 is 2.16 bits per heavy atom. The van der Waals surface area contributed by atoms with Gasteiger partial charge < -0.3 is 10.6 Å². The Labute approximate surface area is 114 Å². The molecule has 0 saturated heterocycles. The van der Waals surface area contributed by atoms with Gasteiger partial charge in [-0.2, -0.15) is 0 Å². The SMILES string of the molecule is CCNc1cncc(C(=O)NC(C)C2CCCC2)n1. The molecule has 1 aromatic heterocycles. The van der Waals surface area contributed by atoms with Crippen molar-refractivity contribution in [3.05, 3.63) is 18.1 Å². The minimum Gasteiger partial charge on any atom is -0.369 e. The zero-order valence-electron chi connectivity index (χ0n) is 11.6. The molecule has 0 bridgehead atoms. The molecule has 1 unspecified atom stereocenters. The summed E-state index contributed by atoms with van der Waals surface area (Å²) >= 11 is 0. The van der Waals surface area contributed by atoms with E-state index < -0.39 is 0 Å². The van der Waals surface area contributed by atoms with Gasteiger partial charge in [-0.1, -0.05) is 12.8 Å². The predicted molar refractivity (Wildman–Crippen MR) is 75.1 cm³/mol. The number of hydrogen-bond donors (Lipinski definition) is 2. The average molecular weight is 262 g/mol. The highest BCUT2D eigenvalue weighted by atomic mass is 16.1. The normalized spacial score (nSPS) is 17.2. The standard InChI is InChI=1S/C14H22N4O/c1-3-16-13-9-15-8-12(18-13)14(19)17-10(2)11-6-4-5-7-11/h8-11H,3-7H2,1-2H3,(H,16,18)(H,17,19). The minimum absolute atomic E-state index is 0.133. The van der Waals surface area contributed by atoms with Crippen LogP contribution in [0.15, 0.2) is 12.4 Å². The summed E-state index contributed by atoms with van der Waals surface area (Å²) < 4.78 is 0. The van der Waals surface area contributed by atoms with Crippen LogP contribution in [0.1, 0.15) is 50.0 Å². The largest absolute Gasteiger partial charge is 0.369 e. The quantitative estimate of drug-likeness (QED) is 0.854. The van der Waals surface area contributed by atoms with Crippen LogP contribution in [0.2, 0.25) is 0 Å². The Hall–Kier alpha value is -1.65. The summed E-state index contributed by atoms with van der Waals surface area (Å²) in [6.07, 6.45) is 8.12. The predicted octanol–water partition coefficient (Wildman–Crippen LogP) is 2.22. The van der Waals surface area contributed by atoms with Crippen LogP contribution in [0, 0.1) is 5.92 Å². The van der Waals surface area contributed by atoms with Crippen molar-refractivity contribution in [2.75, 3.05) is 11.9 Å². The number of carbonyl (C=O) groups excluding carboxylic acids is 1. The number of carbonyl (C=O) groups is 1. The van der Waals surface area contributed by atoms with E-state index in [-0.39, 0.29) is 11.9 Å². The van der Waals surface area contributed by atoms with Gasteiger partial charge in [-0.3, -0.25) is 9.78 Å². The van der Waals surface area contributed by atoms with Crippen LogP contribution >= 0.6 is 0 Å². The van der Waals surface area contributed by atoms with Crippen molar-refractivity contribution < 1.29 is 4.79 Å². The number of nitrogens with one attached hydrogen (secondary N) is 2. The molecule has 0 aliphatic heterocycles. The molecule has 1 amide bonds. The third-order valence-corrected chi connectivity index (χ3v) is 3.69. The third kappa shape index (κ3) is 3.66. The fraction of sp³-hybridized carbons (Fsp3) is 0.643.